The second kappa shape index (κ2) is 12.2. The summed E-state index contributed by atoms with van der Waals surface area (Å²) in [5, 5.41) is 2.93. The molecule has 0 bridgehead atoms. The molecule has 0 aliphatic carbocycles. The Morgan fingerprint density at radius 1 is 1.09 bits per heavy atom. The number of nitrogens with zero attached hydrogens (tertiary/aromatic N) is 1. The van der Waals surface area contributed by atoms with E-state index in [-0.39, 0.29) is 48.5 Å². The summed E-state index contributed by atoms with van der Waals surface area (Å²) < 4.78 is 4.09. The molecule has 8 heteroatoms. The number of rotatable bonds is 5. The number of fused-ring (bicyclic) bond motifs is 1. The number of methoxy groups -OCH3 is 1. The largest absolute Gasteiger partial charge is 1.00 e. The minimum absolute atomic E-state index is 0. The molecule has 0 saturated heterocycles. The Morgan fingerprint density at radius 2 is 1.68 bits per heavy atom. The molecule has 0 atom stereocenters. The minimum Gasteiger partial charge on any atom is -0.493 e. The van der Waals surface area contributed by atoms with Crippen LogP contribution in [-0.2, 0) is 20.9 Å². The first-order valence-corrected chi connectivity index (χ1v) is 10.1. The van der Waals surface area contributed by atoms with Crippen molar-refractivity contribution in [3.63, 3.8) is 0 Å². The molecule has 0 aromatic heterocycles. The smallest absolute Gasteiger partial charge is 0.493 e. The molecule has 34 heavy (non-hydrogen) atoms. The topological polar surface area (TPSA) is 92.8 Å². The molecule has 1 N–H and O–H groups in total. The van der Waals surface area contributed by atoms with Gasteiger partial charge < -0.3 is 25.8 Å². The van der Waals surface area contributed by atoms with Crippen molar-refractivity contribution in [2.24, 2.45) is 0 Å². The first-order valence-electron chi connectivity index (χ1n) is 10.1. The molecule has 2 aromatic carbocycles. The number of amides is 2. The maximum Gasteiger partial charge on any atom is 1.00 e. The monoisotopic (exact) mass is 453 g/mol. The van der Waals surface area contributed by atoms with E-state index in [9.17, 15) is 19.2 Å². The Labute approximate surface area is 212 Å². The molecule has 3 rings (SSSR count). The molecule has 0 saturated carbocycles. The van der Waals surface area contributed by atoms with Gasteiger partial charge in [0, 0.05) is 29.5 Å². The maximum atomic E-state index is 12.5. The van der Waals surface area contributed by atoms with Crippen LogP contribution in [0.4, 0.5) is 0 Å². The quantitative estimate of drug-likeness (QED) is 0.310. The number of carbonyl (C=O) groups excluding carboxylic acids is 4. The molecule has 2 aromatic rings. The number of ether oxygens (including phenoxy) is 1. The number of benzene rings is 2. The summed E-state index contributed by atoms with van der Waals surface area (Å²) in [6, 6.07) is 12.7. The van der Waals surface area contributed by atoms with E-state index in [4.69, 9.17) is 0 Å². The van der Waals surface area contributed by atoms with Gasteiger partial charge in [-0.1, -0.05) is 30.0 Å². The van der Waals surface area contributed by atoms with Gasteiger partial charge in [-0.3, -0.25) is 21.0 Å². The van der Waals surface area contributed by atoms with Crippen LogP contribution in [0.5, 0.6) is 0 Å². The SMILES string of the molecule is C=C([C-]=O)N1Cc2c(cccc2-c2ccc(C(=O)NC(C)(C)C)cc2)C1=O.C=[C-]C(=O)OC.[Li+]. The maximum absolute atomic E-state index is 12.5. The van der Waals surface area contributed by atoms with Crippen LogP contribution in [0.25, 0.3) is 11.1 Å². The Hall–Kier alpha value is -3.40. The van der Waals surface area contributed by atoms with Gasteiger partial charge in [0.05, 0.1) is 7.11 Å². The van der Waals surface area contributed by atoms with E-state index < -0.39 is 5.97 Å². The van der Waals surface area contributed by atoms with Gasteiger partial charge in [-0.15, -0.1) is 0 Å². The van der Waals surface area contributed by atoms with Crippen molar-refractivity contribution in [2.45, 2.75) is 32.9 Å². The second-order valence-electron chi connectivity index (χ2n) is 8.22. The van der Waals surface area contributed by atoms with E-state index in [0.29, 0.717) is 11.1 Å². The Kier molecular flexibility index (Phi) is 10.2. The molecule has 0 spiro atoms. The molecule has 0 radical (unpaired) electrons. The first kappa shape index (κ1) is 28.6. The fraction of sp³-hybridized carbons (Fsp3) is 0.231. The second-order valence-corrected chi connectivity index (χ2v) is 8.22. The van der Waals surface area contributed by atoms with E-state index in [2.05, 4.69) is 23.2 Å². The van der Waals surface area contributed by atoms with Gasteiger partial charge in [-0.2, -0.15) is 0 Å². The van der Waals surface area contributed by atoms with Gasteiger partial charge in [0.2, 0.25) is 0 Å². The van der Waals surface area contributed by atoms with E-state index in [1.165, 1.54) is 12.0 Å². The molecular weight excluding hydrogens is 427 g/mol. The normalized spacial score (nSPS) is 11.8. The van der Waals surface area contributed by atoms with Crippen molar-refractivity contribution in [2.75, 3.05) is 7.11 Å². The molecule has 1 aliphatic rings. The van der Waals surface area contributed by atoms with Crippen molar-refractivity contribution < 1.29 is 42.8 Å². The molecule has 7 nitrogen and oxygen atoms in total. The van der Waals surface area contributed by atoms with E-state index in [1.807, 2.05) is 51.1 Å². The fourth-order valence-electron chi connectivity index (χ4n) is 3.16. The number of allylic oxidation sites excluding steroid dienone is 1. The zero-order chi connectivity index (χ0) is 24.8. The zero-order valence-electron chi connectivity index (χ0n) is 20.2. The van der Waals surface area contributed by atoms with Crippen molar-refractivity contribution in [3.05, 3.63) is 84.1 Å². The van der Waals surface area contributed by atoms with Crippen LogP contribution in [0, 0.1) is 6.08 Å². The zero-order valence-corrected chi connectivity index (χ0v) is 20.2. The van der Waals surface area contributed by atoms with Gasteiger partial charge in [-0.05, 0) is 55.7 Å². The van der Waals surface area contributed by atoms with Crippen molar-refractivity contribution in [3.8, 4) is 11.1 Å². The van der Waals surface area contributed by atoms with Gasteiger partial charge in [0.25, 0.3) is 11.8 Å². The average molecular weight is 453 g/mol. The Bertz CT molecular complexity index is 1100. The van der Waals surface area contributed by atoms with Gasteiger partial charge in [0.15, 0.2) is 0 Å². The van der Waals surface area contributed by atoms with Crippen molar-refractivity contribution >= 4 is 24.1 Å². The Balaban J connectivity index is 0.000000735. The van der Waals surface area contributed by atoms with Gasteiger partial charge in [-0.25, -0.2) is 6.58 Å². The predicted octanol–water partition coefficient (Wildman–Crippen LogP) is 0.614. The standard InChI is InChI=1S/C22H21N2O3.C4H5O2.Li/c1-14(13-25)24-12-19-17(6-5-7-18(19)21(24)27)15-8-10-16(11-9-15)20(26)23-22(2,3)4;1-3-4(5)6-2;/h5-11H,1,12H2,2-4H3,(H,23,26);1H2,2H3;/q2*-1;+1. The Morgan fingerprint density at radius 3 is 2.15 bits per heavy atom. The van der Waals surface area contributed by atoms with Gasteiger partial charge >= 0.3 is 18.9 Å². The summed E-state index contributed by atoms with van der Waals surface area (Å²) >= 11 is 0. The molecule has 0 unspecified atom stereocenters. The average Bonchev–Trinajstić information content (AvgIpc) is 3.14. The summed E-state index contributed by atoms with van der Waals surface area (Å²) in [7, 11) is 1.28. The van der Waals surface area contributed by atoms with Crippen LogP contribution in [0.3, 0.4) is 0 Å². The molecule has 1 heterocycles. The predicted molar refractivity (Wildman–Crippen MR) is 125 cm³/mol. The summed E-state index contributed by atoms with van der Waals surface area (Å²) in [6.45, 7) is 12.7. The van der Waals surface area contributed by atoms with E-state index in [1.54, 1.807) is 24.5 Å². The van der Waals surface area contributed by atoms with Crippen LogP contribution in [0.15, 0.2) is 61.3 Å². The summed E-state index contributed by atoms with van der Waals surface area (Å²) in [6.07, 6.45) is 3.69. The molecule has 1 aliphatic heterocycles. The van der Waals surface area contributed by atoms with Crippen LogP contribution < -0.4 is 24.2 Å². The third-order valence-corrected chi connectivity index (χ3v) is 4.69. The number of carbonyl (C=O) groups is 3. The summed E-state index contributed by atoms with van der Waals surface area (Å²) in [5.41, 5.74) is 3.47. The van der Waals surface area contributed by atoms with Crippen LogP contribution in [0.2, 0.25) is 0 Å². The third-order valence-electron chi connectivity index (χ3n) is 4.69. The fourth-order valence-corrected chi connectivity index (χ4v) is 3.16. The van der Waals surface area contributed by atoms with Crippen LogP contribution in [-0.4, -0.2) is 41.6 Å². The van der Waals surface area contributed by atoms with Gasteiger partial charge in [0.1, 0.15) is 5.97 Å². The first-order chi connectivity index (χ1) is 15.5. The van der Waals surface area contributed by atoms with Crippen LogP contribution >= 0.6 is 0 Å². The van der Waals surface area contributed by atoms with Crippen molar-refractivity contribution in [1.82, 2.24) is 10.2 Å². The molecule has 2 amide bonds. The number of esters is 1. The van der Waals surface area contributed by atoms with E-state index >= 15 is 0 Å². The number of nitrogens with one attached hydrogen (secondary N) is 1. The molecule has 172 valence electrons. The molecular formula is C26H26LiN2O5-. The van der Waals surface area contributed by atoms with Crippen molar-refractivity contribution in [1.29, 1.82) is 0 Å². The summed E-state index contributed by atoms with van der Waals surface area (Å²) in [5.74, 6) is -0.900. The number of hydrogen-bond donors (Lipinski definition) is 1. The van der Waals surface area contributed by atoms with Crippen LogP contribution in [0.1, 0.15) is 47.1 Å². The minimum atomic E-state index is -0.519. The molecule has 0 fully saturated rings. The van der Waals surface area contributed by atoms with E-state index in [0.717, 1.165) is 16.7 Å². The summed E-state index contributed by atoms with van der Waals surface area (Å²) in [4.78, 5) is 46.8. The number of hydrogen-bond acceptors (Lipinski definition) is 5. The third kappa shape index (κ3) is 7.05.